The van der Waals surface area contributed by atoms with Crippen LogP contribution < -0.4 is 10.0 Å². The van der Waals surface area contributed by atoms with Crippen molar-refractivity contribution in [1.82, 2.24) is 4.90 Å². The van der Waals surface area contributed by atoms with Crippen LogP contribution in [0.25, 0.3) is 0 Å². The molecule has 0 heterocycles. The molecule has 7 nitrogen and oxygen atoms in total. The van der Waals surface area contributed by atoms with Gasteiger partial charge in [0, 0.05) is 20.1 Å². The van der Waals surface area contributed by atoms with Gasteiger partial charge in [0.25, 0.3) is 11.8 Å². The van der Waals surface area contributed by atoms with Crippen LogP contribution in [0, 0.1) is 0 Å². The van der Waals surface area contributed by atoms with Gasteiger partial charge in [0.2, 0.25) is 0 Å². The summed E-state index contributed by atoms with van der Waals surface area (Å²) < 4.78 is 62.6. The maximum atomic E-state index is 13.0. The number of nitrogens with zero attached hydrogens (tertiary/aromatic N) is 2. The van der Waals surface area contributed by atoms with Gasteiger partial charge in [-0.25, -0.2) is 0 Å². The van der Waals surface area contributed by atoms with Crippen molar-refractivity contribution in [1.29, 1.82) is 0 Å². The minimum atomic E-state index is -5.84. The number of amides is 2. The second kappa shape index (κ2) is 8.59. The zero-order chi connectivity index (χ0) is 21.0. The lowest BCUT2D eigenvalue weighted by atomic mass is 10.0. The molecule has 152 valence electrons. The first kappa shape index (κ1) is 22.7. The van der Waals surface area contributed by atoms with Crippen molar-refractivity contribution in [3.05, 3.63) is 29.3 Å². The Morgan fingerprint density at radius 1 is 1.07 bits per heavy atom. The van der Waals surface area contributed by atoms with Crippen molar-refractivity contribution in [3.8, 4) is 0 Å². The van der Waals surface area contributed by atoms with Crippen molar-refractivity contribution in [2.45, 2.75) is 32.2 Å². The van der Waals surface area contributed by atoms with Crippen LogP contribution in [0.2, 0.25) is 0 Å². The number of hydrogen-bond acceptors (Lipinski definition) is 4. The van der Waals surface area contributed by atoms with Crippen molar-refractivity contribution < 1.29 is 31.2 Å². The Morgan fingerprint density at radius 3 is 1.96 bits per heavy atom. The molecule has 0 bridgehead atoms. The zero-order valence-corrected chi connectivity index (χ0v) is 16.0. The number of rotatable bonds is 8. The molecule has 1 aromatic carbocycles. The van der Waals surface area contributed by atoms with Crippen LogP contribution in [0.1, 0.15) is 47.4 Å². The fourth-order valence-corrected chi connectivity index (χ4v) is 3.30. The van der Waals surface area contributed by atoms with Gasteiger partial charge in [0.05, 0.1) is 16.8 Å². The quantitative estimate of drug-likeness (QED) is 0.712. The first-order valence-electron chi connectivity index (χ1n) is 8.17. The van der Waals surface area contributed by atoms with Crippen LogP contribution in [0.15, 0.2) is 18.2 Å². The molecule has 2 amide bonds. The number of primary amides is 1. The molecular weight excluding hydrogens is 387 g/mol. The minimum Gasteiger partial charge on any atom is -0.366 e. The van der Waals surface area contributed by atoms with E-state index >= 15 is 0 Å². The lowest BCUT2D eigenvalue weighted by molar-refractivity contribution is -0.0437. The molecule has 0 aromatic heterocycles. The van der Waals surface area contributed by atoms with Gasteiger partial charge in [-0.15, -0.1) is 0 Å². The summed E-state index contributed by atoms with van der Waals surface area (Å²) in [6, 6.07) is 3.51. The smallest absolute Gasteiger partial charge is 0.366 e. The monoisotopic (exact) mass is 409 g/mol. The number of nitrogens with two attached hydrogens (primary N) is 1. The number of carbonyl (C=O) groups excluding carboxylic acids is 2. The molecule has 0 fully saturated rings. The molecule has 0 unspecified atom stereocenters. The largest absolute Gasteiger partial charge is 0.516 e. The number of hydrogen-bond donors (Lipinski definition) is 1. The third-order valence-electron chi connectivity index (χ3n) is 3.77. The predicted octanol–water partition coefficient (Wildman–Crippen LogP) is 2.33. The van der Waals surface area contributed by atoms with Crippen molar-refractivity contribution in [3.63, 3.8) is 0 Å². The van der Waals surface area contributed by atoms with Gasteiger partial charge < -0.3 is 10.6 Å². The maximum Gasteiger partial charge on any atom is 0.516 e. The number of benzene rings is 1. The van der Waals surface area contributed by atoms with E-state index in [4.69, 9.17) is 5.73 Å². The van der Waals surface area contributed by atoms with E-state index < -0.39 is 38.6 Å². The lowest BCUT2D eigenvalue weighted by Gasteiger charge is -2.27. The first-order chi connectivity index (χ1) is 12.4. The van der Waals surface area contributed by atoms with E-state index in [1.54, 1.807) is 0 Å². The third-order valence-corrected chi connectivity index (χ3v) is 5.26. The average Bonchev–Trinajstić information content (AvgIpc) is 2.58. The molecule has 11 heteroatoms. The number of alkyl halides is 3. The summed E-state index contributed by atoms with van der Waals surface area (Å²) in [5, 5.41) is 0. The highest BCUT2D eigenvalue weighted by molar-refractivity contribution is 7.93. The van der Waals surface area contributed by atoms with E-state index in [2.05, 4.69) is 0 Å². The topological polar surface area (TPSA) is 101 Å². The lowest BCUT2D eigenvalue weighted by Crippen LogP contribution is -2.41. The van der Waals surface area contributed by atoms with E-state index in [0.717, 1.165) is 6.07 Å². The molecule has 0 saturated carbocycles. The Hall–Kier alpha value is -2.30. The summed E-state index contributed by atoms with van der Waals surface area (Å²) >= 11 is 0. The van der Waals surface area contributed by atoms with E-state index in [1.807, 2.05) is 13.8 Å². The van der Waals surface area contributed by atoms with Gasteiger partial charge in [-0.1, -0.05) is 19.9 Å². The van der Waals surface area contributed by atoms with Gasteiger partial charge in [-0.05, 0) is 25.0 Å². The second-order valence-corrected chi connectivity index (χ2v) is 7.74. The normalized spacial score (nSPS) is 11.9. The number of para-hydroxylation sites is 1. The Kier molecular flexibility index (Phi) is 7.24. The highest BCUT2D eigenvalue weighted by atomic mass is 32.2. The van der Waals surface area contributed by atoms with Crippen LogP contribution in [-0.2, 0) is 10.0 Å². The maximum absolute atomic E-state index is 13.0. The van der Waals surface area contributed by atoms with Gasteiger partial charge in [-0.3, -0.25) is 13.9 Å². The minimum absolute atomic E-state index is 0.115. The van der Waals surface area contributed by atoms with Gasteiger partial charge in [0.1, 0.15) is 0 Å². The molecule has 1 rings (SSSR count). The summed E-state index contributed by atoms with van der Waals surface area (Å²) in [4.78, 5) is 26.0. The highest BCUT2D eigenvalue weighted by Gasteiger charge is 2.50. The number of anilines is 1. The summed E-state index contributed by atoms with van der Waals surface area (Å²) in [6.07, 6.45) is 1.18. The zero-order valence-electron chi connectivity index (χ0n) is 15.2. The average molecular weight is 409 g/mol. The van der Waals surface area contributed by atoms with Crippen LogP contribution in [0.3, 0.4) is 0 Å². The first-order valence-corrected chi connectivity index (χ1v) is 9.61. The summed E-state index contributed by atoms with van der Waals surface area (Å²) in [6.45, 7) is 4.28. The Balaban J connectivity index is 3.67. The molecule has 0 saturated heterocycles. The highest BCUT2D eigenvalue weighted by Crippen LogP contribution is 2.34. The molecule has 1 aromatic rings. The van der Waals surface area contributed by atoms with Crippen LogP contribution in [0.5, 0.6) is 0 Å². The van der Waals surface area contributed by atoms with Gasteiger partial charge >= 0.3 is 15.5 Å². The number of sulfonamides is 1. The van der Waals surface area contributed by atoms with E-state index in [9.17, 15) is 31.2 Å². The standard InChI is InChI=1S/C16H22F3N3O4S/c1-4-9-22(10-5-2)15(24)12-8-6-7-11(14(20)23)13(12)21(3)27(25,26)16(17,18)19/h6-8H,4-5,9-10H2,1-3H3,(H2,20,23). The van der Waals surface area contributed by atoms with E-state index in [-0.39, 0.29) is 9.87 Å². The number of halogens is 3. The van der Waals surface area contributed by atoms with Crippen molar-refractivity contribution in [2.24, 2.45) is 5.73 Å². The van der Waals surface area contributed by atoms with Crippen molar-refractivity contribution >= 4 is 27.5 Å². The second-order valence-electron chi connectivity index (χ2n) is 5.78. The summed E-state index contributed by atoms with van der Waals surface area (Å²) in [5.41, 5.74) is -1.94. The molecule has 0 spiro atoms. The van der Waals surface area contributed by atoms with Crippen LogP contribution in [0.4, 0.5) is 18.9 Å². The van der Waals surface area contributed by atoms with E-state index in [1.165, 1.54) is 17.0 Å². The SMILES string of the molecule is CCCN(CCC)C(=O)c1cccc(C(N)=O)c1N(C)S(=O)(=O)C(F)(F)F. The van der Waals surface area contributed by atoms with Crippen LogP contribution >= 0.6 is 0 Å². The van der Waals surface area contributed by atoms with Gasteiger partial charge in [-0.2, -0.15) is 21.6 Å². The third kappa shape index (κ3) is 4.71. The Bertz CT molecular complexity index is 804. The molecule has 0 aliphatic heterocycles. The molecule has 0 aliphatic carbocycles. The van der Waals surface area contributed by atoms with E-state index in [0.29, 0.717) is 33.0 Å². The molecule has 0 aliphatic rings. The molecule has 0 radical (unpaired) electrons. The van der Waals surface area contributed by atoms with Crippen molar-refractivity contribution in [2.75, 3.05) is 24.4 Å². The molecule has 0 atom stereocenters. The summed E-state index contributed by atoms with van der Waals surface area (Å²) in [7, 11) is -5.21. The fourth-order valence-electron chi connectivity index (χ4n) is 2.55. The van der Waals surface area contributed by atoms with Gasteiger partial charge in [0.15, 0.2) is 0 Å². The summed E-state index contributed by atoms with van der Waals surface area (Å²) in [5.74, 6) is -1.83. The Labute approximate surface area is 156 Å². The fraction of sp³-hybridized carbons (Fsp3) is 0.500. The molecule has 27 heavy (non-hydrogen) atoms. The number of carbonyl (C=O) groups is 2. The predicted molar refractivity (Wildman–Crippen MR) is 94.8 cm³/mol. The Morgan fingerprint density at radius 2 is 1.56 bits per heavy atom. The molecule has 2 N–H and O–H groups in total. The van der Waals surface area contributed by atoms with Crippen LogP contribution in [-0.4, -0.2) is 50.8 Å². The molecular formula is C16H22F3N3O4S.